The van der Waals surface area contributed by atoms with E-state index in [0.717, 1.165) is 0 Å². The number of esters is 2. The number of carbonyl (C=O) groups excluding carboxylic acids is 4. The molecule has 0 bridgehead atoms. The van der Waals surface area contributed by atoms with Crippen LogP contribution in [0.5, 0.6) is 0 Å². The third kappa shape index (κ3) is 10.4. The number of nitrogens with zero attached hydrogens (tertiary/aromatic N) is 2. The molecule has 158 valence electrons. The molecular weight excluding hydrogens is 370 g/mol. The van der Waals surface area contributed by atoms with Crippen molar-refractivity contribution in [2.24, 2.45) is 5.41 Å². The van der Waals surface area contributed by atoms with E-state index in [1.165, 1.54) is 13.8 Å². The minimum absolute atomic E-state index is 0.103. The monoisotopic (exact) mass is 399 g/mol. The van der Waals surface area contributed by atoms with E-state index >= 15 is 0 Å². The number of amides is 1. The number of carbonyl (C=O) groups is 4. The van der Waals surface area contributed by atoms with Crippen LogP contribution in [0.3, 0.4) is 0 Å². The second-order valence-corrected chi connectivity index (χ2v) is 7.86. The molecule has 28 heavy (non-hydrogen) atoms. The fourth-order valence-electron chi connectivity index (χ4n) is 1.77. The summed E-state index contributed by atoms with van der Waals surface area (Å²) in [5.41, 5.74) is 7.56. The van der Waals surface area contributed by atoms with E-state index in [4.69, 9.17) is 19.7 Å². The number of hydrogen-bond donors (Lipinski definition) is 1. The third-order valence-electron chi connectivity index (χ3n) is 3.10. The van der Waals surface area contributed by atoms with Crippen LogP contribution in [-0.4, -0.2) is 52.8 Å². The Morgan fingerprint density at radius 1 is 1.07 bits per heavy atom. The molecule has 0 saturated carbocycles. The quantitative estimate of drug-likeness (QED) is 0.205. The molecule has 0 radical (unpaired) electrons. The zero-order valence-corrected chi connectivity index (χ0v) is 17.4. The van der Waals surface area contributed by atoms with Crippen LogP contribution in [0.2, 0.25) is 0 Å². The van der Waals surface area contributed by atoms with E-state index in [-0.39, 0.29) is 12.8 Å². The van der Waals surface area contributed by atoms with Crippen molar-refractivity contribution in [3.63, 3.8) is 0 Å². The lowest BCUT2D eigenvalue weighted by atomic mass is 9.97. The second-order valence-electron chi connectivity index (χ2n) is 7.86. The molecule has 0 unspecified atom stereocenters. The van der Waals surface area contributed by atoms with Gasteiger partial charge in [0.2, 0.25) is 5.78 Å². The first-order chi connectivity index (χ1) is 12.7. The number of ketones is 1. The number of alkyl carbamates (subject to hydrolysis) is 1. The predicted octanol–water partition coefficient (Wildman–Crippen LogP) is 2.01. The first kappa shape index (κ1) is 25.3. The maximum atomic E-state index is 12.2. The number of rotatable bonds is 9. The van der Waals surface area contributed by atoms with Gasteiger partial charge in [0, 0.05) is 20.3 Å². The van der Waals surface area contributed by atoms with Crippen LogP contribution in [0, 0.1) is 5.41 Å². The van der Waals surface area contributed by atoms with E-state index in [1.807, 2.05) is 0 Å². The molecule has 10 heteroatoms. The Balaban J connectivity index is 5.05. The van der Waals surface area contributed by atoms with Gasteiger partial charge in [-0.15, -0.1) is 0 Å². The Kier molecular flexibility index (Phi) is 9.52. The molecule has 1 N–H and O–H groups in total. The Morgan fingerprint density at radius 3 is 2.11 bits per heavy atom. The molecule has 0 fully saturated rings. The molecular formula is C18H29N3O7. The van der Waals surface area contributed by atoms with Crippen molar-refractivity contribution >= 4 is 30.0 Å². The molecule has 0 aliphatic rings. The van der Waals surface area contributed by atoms with Crippen molar-refractivity contribution in [3.05, 3.63) is 5.53 Å². The summed E-state index contributed by atoms with van der Waals surface area (Å²) in [5.74, 6) is -3.46. The summed E-state index contributed by atoms with van der Waals surface area (Å²) in [4.78, 5) is 50.4. The van der Waals surface area contributed by atoms with Crippen molar-refractivity contribution in [3.8, 4) is 0 Å². The summed E-state index contributed by atoms with van der Waals surface area (Å²) in [6.45, 7) is 11.0. The molecule has 0 aliphatic heterocycles. The molecule has 10 nitrogen and oxygen atoms in total. The van der Waals surface area contributed by atoms with E-state index in [9.17, 15) is 19.2 Å². The van der Waals surface area contributed by atoms with Crippen molar-refractivity contribution in [1.29, 1.82) is 0 Å². The van der Waals surface area contributed by atoms with Gasteiger partial charge in [-0.25, -0.2) is 9.59 Å². The average molecular weight is 399 g/mol. The topological polar surface area (TPSA) is 144 Å². The van der Waals surface area contributed by atoms with E-state index in [0.29, 0.717) is 6.21 Å². The standard InChI is InChI=1S/C18H29N3O7/c1-11(2)26-14(23)13(9-8-12(22)10-20-19)21-16(25)28-18(6,7)27-15(24)17(3,4)5/h10-11,13H,8-9H2,1-7H3,(H,21,25)/t13-/m0/s1. The molecule has 0 spiro atoms. The largest absolute Gasteiger partial charge is 0.461 e. The van der Waals surface area contributed by atoms with E-state index in [2.05, 4.69) is 10.1 Å². The molecule has 1 atom stereocenters. The average Bonchev–Trinajstić information content (AvgIpc) is 2.48. The van der Waals surface area contributed by atoms with Gasteiger partial charge in [0.05, 0.1) is 11.5 Å². The minimum atomic E-state index is -1.58. The van der Waals surface area contributed by atoms with Crippen LogP contribution in [0.4, 0.5) is 4.79 Å². The summed E-state index contributed by atoms with van der Waals surface area (Å²) in [7, 11) is 0. The van der Waals surface area contributed by atoms with Gasteiger partial charge in [-0.2, -0.15) is 4.79 Å². The number of Topliss-reactive ketones (excluding diaryl/α,β-unsaturated/α-hetero) is 1. The van der Waals surface area contributed by atoms with Gasteiger partial charge in [0.25, 0.3) is 5.79 Å². The smallest absolute Gasteiger partial charge is 0.411 e. The first-order valence-electron chi connectivity index (χ1n) is 8.81. The Morgan fingerprint density at radius 2 is 1.64 bits per heavy atom. The summed E-state index contributed by atoms with van der Waals surface area (Å²) in [5, 5.41) is 2.30. The van der Waals surface area contributed by atoms with Crippen LogP contribution in [0.1, 0.15) is 61.3 Å². The lowest BCUT2D eigenvalue weighted by Crippen LogP contribution is -2.47. The third-order valence-corrected chi connectivity index (χ3v) is 3.10. The SMILES string of the molecule is CC(C)OC(=O)[C@H](CCC(=O)C=[N+]=[N-])NC(=O)OC(C)(C)OC(=O)C(C)(C)C. The van der Waals surface area contributed by atoms with Gasteiger partial charge in [-0.1, -0.05) is 0 Å². The van der Waals surface area contributed by atoms with Gasteiger partial charge < -0.3 is 25.1 Å². The second kappa shape index (κ2) is 10.6. The maximum Gasteiger partial charge on any atom is 0.411 e. The Bertz CT molecular complexity index is 644. The Labute approximate surface area is 164 Å². The number of nitrogens with one attached hydrogen (secondary N) is 1. The Hall–Kier alpha value is -2.74. The van der Waals surface area contributed by atoms with Crippen LogP contribution in [-0.2, 0) is 28.6 Å². The highest BCUT2D eigenvalue weighted by atomic mass is 16.7. The normalized spacial score (nSPS) is 12.4. The number of ether oxygens (including phenoxy) is 3. The molecule has 0 saturated heterocycles. The van der Waals surface area contributed by atoms with Crippen LogP contribution < -0.4 is 5.32 Å². The van der Waals surface area contributed by atoms with Gasteiger partial charge >= 0.3 is 24.2 Å². The van der Waals surface area contributed by atoms with Gasteiger partial charge in [-0.05, 0) is 41.0 Å². The van der Waals surface area contributed by atoms with E-state index < -0.39 is 47.2 Å². The highest BCUT2D eigenvalue weighted by Crippen LogP contribution is 2.21. The van der Waals surface area contributed by atoms with Crippen molar-refractivity contribution in [2.45, 2.75) is 79.2 Å². The highest BCUT2D eigenvalue weighted by molar-refractivity contribution is 6.25. The van der Waals surface area contributed by atoms with Crippen LogP contribution in [0.25, 0.3) is 5.53 Å². The summed E-state index contributed by atoms with van der Waals surface area (Å²) in [6, 6.07) is -1.18. The molecule has 1 amide bonds. The van der Waals surface area contributed by atoms with Crippen molar-refractivity contribution in [2.75, 3.05) is 0 Å². The fourth-order valence-corrected chi connectivity index (χ4v) is 1.77. The zero-order valence-electron chi connectivity index (χ0n) is 17.4. The molecule has 0 aromatic rings. The van der Waals surface area contributed by atoms with Crippen LogP contribution >= 0.6 is 0 Å². The van der Waals surface area contributed by atoms with Gasteiger partial charge in [-0.3, -0.25) is 9.59 Å². The molecule has 0 rings (SSSR count). The maximum absolute atomic E-state index is 12.2. The minimum Gasteiger partial charge on any atom is -0.461 e. The summed E-state index contributed by atoms with van der Waals surface area (Å²) >= 11 is 0. The van der Waals surface area contributed by atoms with Crippen molar-refractivity contribution in [1.82, 2.24) is 5.32 Å². The predicted molar refractivity (Wildman–Crippen MR) is 98.2 cm³/mol. The van der Waals surface area contributed by atoms with Gasteiger partial charge in [0.15, 0.2) is 0 Å². The summed E-state index contributed by atoms with van der Waals surface area (Å²) < 4.78 is 15.3. The lowest BCUT2D eigenvalue weighted by Gasteiger charge is -2.29. The lowest BCUT2D eigenvalue weighted by molar-refractivity contribution is -0.203. The summed E-state index contributed by atoms with van der Waals surface area (Å²) in [6.07, 6.45) is -1.05. The van der Waals surface area contributed by atoms with E-state index in [1.54, 1.807) is 34.6 Å². The molecule has 0 aromatic carbocycles. The number of hydrogen-bond acceptors (Lipinski definition) is 7. The molecule has 0 aliphatic carbocycles. The molecule has 0 aromatic heterocycles. The van der Waals surface area contributed by atoms with Crippen molar-refractivity contribution < 1.29 is 38.2 Å². The van der Waals surface area contributed by atoms with Gasteiger partial charge in [0.1, 0.15) is 6.04 Å². The fraction of sp³-hybridized carbons (Fsp3) is 0.722. The molecule has 0 heterocycles. The van der Waals surface area contributed by atoms with Crippen LogP contribution in [0.15, 0.2) is 0 Å². The first-order valence-corrected chi connectivity index (χ1v) is 8.81. The highest BCUT2D eigenvalue weighted by Gasteiger charge is 2.34. The zero-order chi connectivity index (χ0) is 22.1.